The standard InChI is InChI=1S/C23H20Cl2N2O2S2/c1-29-22(28)16-6-3-4-9-19(16)26-23(30)27-21(14-10-12-15(31-2)13-11-14)17-7-5-8-18(24)20(17)25/h3-13,21H,1-2H3,(H2,26,27,30). The highest BCUT2D eigenvalue weighted by Crippen LogP contribution is 2.34. The van der Waals surface area contributed by atoms with Crippen LogP contribution in [0, 0.1) is 0 Å². The lowest BCUT2D eigenvalue weighted by Crippen LogP contribution is -2.33. The van der Waals surface area contributed by atoms with Gasteiger partial charge in [-0.3, -0.25) is 0 Å². The van der Waals surface area contributed by atoms with E-state index in [-0.39, 0.29) is 6.04 Å². The van der Waals surface area contributed by atoms with Crippen molar-refractivity contribution >= 4 is 64.0 Å². The number of carbonyl (C=O) groups excluding carboxylic acids is 1. The molecule has 0 radical (unpaired) electrons. The maximum Gasteiger partial charge on any atom is 0.339 e. The Morgan fingerprint density at radius 1 is 1.03 bits per heavy atom. The number of esters is 1. The smallest absolute Gasteiger partial charge is 0.339 e. The molecule has 0 saturated heterocycles. The molecule has 1 atom stereocenters. The van der Waals surface area contributed by atoms with Crippen LogP contribution in [0.3, 0.4) is 0 Å². The molecule has 0 spiro atoms. The Morgan fingerprint density at radius 3 is 2.42 bits per heavy atom. The summed E-state index contributed by atoms with van der Waals surface area (Å²) in [5.74, 6) is -0.451. The average Bonchev–Trinajstić information content (AvgIpc) is 2.79. The third-order valence-corrected chi connectivity index (χ3v) is 6.39. The summed E-state index contributed by atoms with van der Waals surface area (Å²) in [7, 11) is 1.34. The van der Waals surface area contributed by atoms with Gasteiger partial charge in [0.05, 0.1) is 34.4 Å². The number of para-hydroxylation sites is 1. The summed E-state index contributed by atoms with van der Waals surface area (Å²) in [6.07, 6.45) is 2.02. The van der Waals surface area contributed by atoms with E-state index in [1.54, 1.807) is 36.0 Å². The van der Waals surface area contributed by atoms with Gasteiger partial charge in [0, 0.05) is 4.90 Å². The quantitative estimate of drug-likeness (QED) is 0.231. The van der Waals surface area contributed by atoms with Gasteiger partial charge >= 0.3 is 5.97 Å². The number of benzene rings is 3. The van der Waals surface area contributed by atoms with Crippen LogP contribution in [-0.4, -0.2) is 24.4 Å². The van der Waals surface area contributed by atoms with E-state index in [1.165, 1.54) is 7.11 Å². The first kappa shape index (κ1) is 23.4. The zero-order valence-electron chi connectivity index (χ0n) is 16.8. The van der Waals surface area contributed by atoms with Gasteiger partial charge in [-0.15, -0.1) is 11.8 Å². The zero-order valence-corrected chi connectivity index (χ0v) is 20.0. The number of halogens is 2. The van der Waals surface area contributed by atoms with Crippen molar-refractivity contribution in [2.24, 2.45) is 0 Å². The Kier molecular flexibility index (Phi) is 8.21. The second-order valence-electron chi connectivity index (χ2n) is 6.48. The van der Waals surface area contributed by atoms with Crippen molar-refractivity contribution in [3.8, 4) is 0 Å². The van der Waals surface area contributed by atoms with E-state index >= 15 is 0 Å². The third-order valence-electron chi connectivity index (χ3n) is 4.60. The largest absolute Gasteiger partial charge is 0.465 e. The Bertz CT molecular complexity index is 1090. The molecule has 0 saturated carbocycles. The van der Waals surface area contributed by atoms with Crippen molar-refractivity contribution in [1.29, 1.82) is 0 Å². The average molecular weight is 491 g/mol. The predicted molar refractivity (Wildman–Crippen MR) is 134 cm³/mol. The van der Waals surface area contributed by atoms with Crippen LogP contribution >= 0.6 is 47.2 Å². The van der Waals surface area contributed by atoms with Gasteiger partial charge in [0.25, 0.3) is 0 Å². The molecule has 8 heteroatoms. The first-order valence-electron chi connectivity index (χ1n) is 9.27. The number of rotatable bonds is 6. The molecule has 0 aliphatic heterocycles. The third kappa shape index (κ3) is 5.71. The summed E-state index contributed by atoms with van der Waals surface area (Å²) in [6, 6.07) is 20.2. The van der Waals surface area contributed by atoms with Crippen LogP contribution < -0.4 is 10.6 Å². The van der Waals surface area contributed by atoms with Crippen LogP contribution in [0.1, 0.15) is 27.5 Å². The summed E-state index contributed by atoms with van der Waals surface area (Å²) in [4.78, 5) is 13.2. The van der Waals surface area contributed by atoms with Crippen molar-refractivity contribution in [3.05, 3.63) is 93.5 Å². The van der Waals surface area contributed by atoms with Crippen LogP contribution in [-0.2, 0) is 4.74 Å². The highest BCUT2D eigenvalue weighted by atomic mass is 35.5. The number of hydrogen-bond donors (Lipinski definition) is 2. The molecule has 0 aliphatic carbocycles. The van der Waals surface area contributed by atoms with Crippen LogP contribution in [0.25, 0.3) is 0 Å². The molecule has 4 nitrogen and oxygen atoms in total. The van der Waals surface area contributed by atoms with E-state index in [0.29, 0.717) is 26.4 Å². The molecule has 0 heterocycles. The normalized spacial score (nSPS) is 11.5. The molecular weight excluding hydrogens is 471 g/mol. The molecule has 3 aromatic carbocycles. The summed E-state index contributed by atoms with van der Waals surface area (Å²) >= 11 is 20.0. The topological polar surface area (TPSA) is 50.4 Å². The lowest BCUT2D eigenvalue weighted by Gasteiger charge is -2.24. The molecule has 0 bridgehead atoms. The Morgan fingerprint density at radius 2 is 1.74 bits per heavy atom. The van der Waals surface area contributed by atoms with Crippen molar-refractivity contribution in [2.45, 2.75) is 10.9 Å². The van der Waals surface area contributed by atoms with E-state index in [2.05, 4.69) is 10.6 Å². The van der Waals surface area contributed by atoms with Crippen molar-refractivity contribution < 1.29 is 9.53 Å². The molecule has 0 aromatic heterocycles. The van der Waals surface area contributed by atoms with Crippen molar-refractivity contribution in [2.75, 3.05) is 18.7 Å². The summed E-state index contributed by atoms with van der Waals surface area (Å²) < 4.78 is 4.85. The Balaban J connectivity index is 1.93. The van der Waals surface area contributed by atoms with Crippen LogP contribution in [0.5, 0.6) is 0 Å². The second kappa shape index (κ2) is 10.9. The Labute approximate surface area is 201 Å². The Hall–Kier alpha value is -2.25. The van der Waals surface area contributed by atoms with Gasteiger partial charge in [0.2, 0.25) is 0 Å². The van der Waals surface area contributed by atoms with Gasteiger partial charge < -0.3 is 15.4 Å². The maximum atomic E-state index is 12.1. The second-order valence-corrected chi connectivity index (χ2v) is 8.56. The predicted octanol–water partition coefficient (Wildman–Crippen LogP) is 6.58. The lowest BCUT2D eigenvalue weighted by molar-refractivity contribution is 0.0602. The van der Waals surface area contributed by atoms with Gasteiger partial charge in [0.15, 0.2) is 5.11 Å². The van der Waals surface area contributed by atoms with E-state index in [9.17, 15) is 4.79 Å². The molecule has 1 unspecified atom stereocenters. The number of carbonyl (C=O) groups is 1. The van der Waals surface area contributed by atoms with Gasteiger partial charge in [-0.1, -0.05) is 59.6 Å². The monoisotopic (exact) mass is 490 g/mol. The van der Waals surface area contributed by atoms with E-state index < -0.39 is 5.97 Å². The zero-order chi connectivity index (χ0) is 22.4. The molecule has 2 N–H and O–H groups in total. The molecule has 0 amide bonds. The highest BCUT2D eigenvalue weighted by Gasteiger charge is 2.20. The van der Waals surface area contributed by atoms with Gasteiger partial charge in [-0.25, -0.2) is 4.79 Å². The number of nitrogens with one attached hydrogen (secondary N) is 2. The fraction of sp³-hybridized carbons (Fsp3) is 0.130. The molecule has 3 aromatic rings. The number of thioether (sulfide) groups is 1. The number of methoxy groups -OCH3 is 1. The van der Waals surface area contributed by atoms with Crippen LogP contribution in [0.15, 0.2) is 71.6 Å². The summed E-state index contributed by atoms with van der Waals surface area (Å²) in [6.45, 7) is 0. The molecule has 0 fully saturated rings. The lowest BCUT2D eigenvalue weighted by atomic mass is 9.98. The maximum absolute atomic E-state index is 12.1. The molecule has 31 heavy (non-hydrogen) atoms. The summed E-state index contributed by atoms with van der Waals surface area (Å²) in [5.41, 5.74) is 2.68. The molecular formula is C23H20Cl2N2O2S2. The highest BCUT2D eigenvalue weighted by molar-refractivity contribution is 7.98. The van der Waals surface area contributed by atoms with E-state index in [1.807, 2.05) is 48.7 Å². The van der Waals surface area contributed by atoms with Gasteiger partial charge in [0.1, 0.15) is 0 Å². The first-order chi connectivity index (χ1) is 14.9. The molecule has 0 aliphatic rings. The number of anilines is 1. The van der Waals surface area contributed by atoms with Gasteiger partial charge in [-0.05, 0) is 59.9 Å². The number of hydrogen-bond acceptors (Lipinski definition) is 4. The summed E-state index contributed by atoms with van der Waals surface area (Å²) in [5, 5.41) is 7.64. The van der Waals surface area contributed by atoms with Crippen molar-refractivity contribution in [1.82, 2.24) is 5.32 Å². The van der Waals surface area contributed by atoms with Crippen LogP contribution in [0.2, 0.25) is 10.0 Å². The minimum Gasteiger partial charge on any atom is -0.465 e. The minimum atomic E-state index is -0.451. The number of ether oxygens (including phenoxy) is 1. The molecule has 3 rings (SSSR count). The van der Waals surface area contributed by atoms with Crippen molar-refractivity contribution in [3.63, 3.8) is 0 Å². The minimum absolute atomic E-state index is 0.325. The van der Waals surface area contributed by atoms with E-state index in [4.69, 9.17) is 40.2 Å². The SMILES string of the molecule is COC(=O)c1ccccc1NC(=S)NC(c1ccc(SC)cc1)c1cccc(Cl)c1Cl. The van der Waals surface area contributed by atoms with E-state index in [0.717, 1.165) is 16.0 Å². The fourth-order valence-electron chi connectivity index (χ4n) is 3.05. The number of thiocarbonyl (C=S) groups is 1. The fourth-order valence-corrected chi connectivity index (χ4v) is 4.10. The molecule has 160 valence electrons. The van der Waals surface area contributed by atoms with Crippen LogP contribution in [0.4, 0.5) is 5.69 Å². The first-order valence-corrected chi connectivity index (χ1v) is 11.7. The van der Waals surface area contributed by atoms with Gasteiger partial charge in [-0.2, -0.15) is 0 Å².